The molecule has 0 spiro atoms. The molecule has 0 aliphatic carbocycles. The van der Waals surface area contributed by atoms with Crippen LogP contribution in [0.25, 0.3) is 0 Å². The summed E-state index contributed by atoms with van der Waals surface area (Å²) in [6.07, 6.45) is 2.04. The Morgan fingerprint density at radius 3 is 2.39 bits per heavy atom. The zero-order chi connectivity index (χ0) is 13.5. The van der Waals surface area contributed by atoms with E-state index in [1.807, 2.05) is 19.9 Å². The second-order valence-electron chi connectivity index (χ2n) is 4.52. The van der Waals surface area contributed by atoms with Gasteiger partial charge in [-0.1, -0.05) is 26.8 Å². The molecule has 0 aromatic heterocycles. The molecule has 0 heterocycles. The highest BCUT2D eigenvalue weighted by Crippen LogP contribution is 2.23. The summed E-state index contributed by atoms with van der Waals surface area (Å²) in [5.41, 5.74) is 0.689. The highest BCUT2D eigenvalue weighted by atomic mass is 19.1. The van der Waals surface area contributed by atoms with Gasteiger partial charge in [0, 0.05) is 17.7 Å². The molecule has 1 atom stereocenters. The van der Waals surface area contributed by atoms with E-state index in [-0.39, 0.29) is 18.0 Å². The van der Waals surface area contributed by atoms with Crippen LogP contribution in [-0.2, 0) is 0 Å². The lowest BCUT2D eigenvalue weighted by atomic mass is 10.1. The number of ether oxygens (including phenoxy) is 1. The molecule has 0 radical (unpaired) electrons. The number of hydrogen-bond acceptors (Lipinski definition) is 2. The zero-order valence-corrected chi connectivity index (χ0v) is 11.8. The minimum Gasteiger partial charge on any atom is -0.490 e. The molecule has 1 rings (SSSR count). The summed E-state index contributed by atoms with van der Waals surface area (Å²) in [4.78, 5) is 0. The maximum atomic E-state index is 14.0. The highest BCUT2D eigenvalue weighted by Gasteiger charge is 2.12. The Bertz CT molecular complexity index is 364. The van der Waals surface area contributed by atoms with Gasteiger partial charge in [0.25, 0.3) is 0 Å². The van der Waals surface area contributed by atoms with Gasteiger partial charge in [0.05, 0.1) is 6.10 Å². The molecule has 0 bridgehead atoms. The Labute approximate surface area is 110 Å². The van der Waals surface area contributed by atoms with Crippen LogP contribution in [-0.4, -0.2) is 12.6 Å². The van der Waals surface area contributed by atoms with E-state index in [0.717, 1.165) is 19.4 Å². The number of benzene rings is 1. The van der Waals surface area contributed by atoms with Crippen LogP contribution in [0.5, 0.6) is 5.75 Å². The number of nitrogens with one attached hydrogen (secondary N) is 1. The van der Waals surface area contributed by atoms with Gasteiger partial charge in [-0.2, -0.15) is 0 Å². The fourth-order valence-electron chi connectivity index (χ4n) is 2.00. The van der Waals surface area contributed by atoms with Gasteiger partial charge in [-0.15, -0.1) is 0 Å². The quantitative estimate of drug-likeness (QED) is 0.791. The van der Waals surface area contributed by atoms with Crippen molar-refractivity contribution in [2.24, 2.45) is 0 Å². The normalized spacial score (nSPS) is 12.8. The highest BCUT2D eigenvalue weighted by molar-refractivity contribution is 5.30. The lowest BCUT2D eigenvalue weighted by Gasteiger charge is -2.18. The van der Waals surface area contributed by atoms with E-state index in [9.17, 15) is 4.39 Å². The first-order valence-corrected chi connectivity index (χ1v) is 6.81. The Hall–Kier alpha value is -1.09. The Morgan fingerprint density at radius 1 is 1.22 bits per heavy atom. The average Bonchev–Trinajstić information content (AvgIpc) is 2.36. The molecule has 0 aliphatic rings. The van der Waals surface area contributed by atoms with Gasteiger partial charge in [0.15, 0.2) is 0 Å². The van der Waals surface area contributed by atoms with Crippen LogP contribution < -0.4 is 10.1 Å². The third kappa shape index (κ3) is 3.98. The molecule has 3 heteroatoms. The molecule has 0 saturated carbocycles. The number of halogens is 1. The lowest BCUT2D eigenvalue weighted by molar-refractivity contribution is 0.192. The van der Waals surface area contributed by atoms with Crippen LogP contribution in [0.1, 0.15) is 52.1 Å². The summed E-state index contributed by atoms with van der Waals surface area (Å²) in [6, 6.07) is 5.17. The second-order valence-corrected chi connectivity index (χ2v) is 4.52. The number of hydrogen-bond donors (Lipinski definition) is 1. The topological polar surface area (TPSA) is 21.3 Å². The zero-order valence-electron chi connectivity index (χ0n) is 11.8. The van der Waals surface area contributed by atoms with E-state index in [2.05, 4.69) is 19.2 Å². The molecule has 1 unspecified atom stereocenters. The molecule has 0 saturated heterocycles. The maximum absolute atomic E-state index is 14.0. The van der Waals surface area contributed by atoms with Crippen LogP contribution in [0.15, 0.2) is 18.2 Å². The van der Waals surface area contributed by atoms with Crippen LogP contribution in [0.2, 0.25) is 0 Å². The molecular weight excluding hydrogens is 229 g/mol. The third-order valence-electron chi connectivity index (χ3n) is 3.16. The summed E-state index contributed by atoms with van der Waals surface area (Å²) in [6.45, 7) is 8.95. The second kappa shape index (κ2) is 7.37. The molecule has 0 amide bonds. The minimum absolute atomic E-state index is 0.0252. The van der Waals surface area contributed by atoms with Gasteiger partial charge in [0.1, 0.15) is 11.6 Å². The molecular formula is C15H24FNO. The fraction of sp³-hybridized carbons (Fsp3) is 0.600. The van der Waals surface area contributed by atoms with Crippen molar-refractivity contribution in [2.75, 3.05) is 6.54 Å². The van der Waals surface area contributed by atoms with E-state index >= 15 is 0 Å². The van der Waals surface area contributed by atoms with Gasteiger partial charge in [-0.05, 0) is 32.4 Å². The Balaban J connectivity index is 2.78. The van der Waals surface area contributed by atoms with Crippen molar-refractivity contribution in [1.82, 2.24) is 5.32 Å². The molecule has 0 fully saturated rings. The van der Waals surface area contributed by atoms with Gasteiger partial charge in [-0.25, -0.2) is 4.39 Å². The van der Waals surface area contributed by atoms with E-state index in [1.54, 1.807) is 6.07 Å². The van der Waals surface area contributed by atoms with Crippen molar-refractivity contribution in [3.63, 3.8) is 0 Å². The van der Waals surface area contributed by atoms with E-state index in [1.165, 1.54) is 6.07 Å². The molecule has 18 heavy (non-hydrogen) atoms. The molecule has 1 aromatic carbocycles. The third-order valence-corrected chi connectivity index (χ3v) is 3.16. The smallest absolute Gasteiger partial charge is 0.131 e. The Kier molecular flexibility index (Phi) is 6.13. The van der Waals surface area contributed by atoms with E-state index in [4.69, 9.17) is 4.74 Å². The van der Waals surface area contributed by atoms with E-state index < -0.39 is 0 Å². The van der Waals surface area contributed by atoms with Crippen molar-refractivity contribution >= 4 is 0 Å². The summed E-state index contributed by atoms with van der Waals surface area (Å²) in [5.74, 6) is 0.417. The summed E-state index contributed by atoms with van der Waals surface area (Å²) < 4.78 is 19.7. The van der Waals surface area contributed by atoms with Crippen molar-refractivity contribution < 1.29 is 9.13 Å². The lowest BCUT2D eigenvalue weighted by Crippen LogP contribution is -2.19. The first kappa shape index (κ1) is 15.0. The minimum atomic E-state index is -0.202. The Morgan fingerprint density at radius 2 is 1.89 bits per heavy atom. The molecule has 0 aliphatic heterocycles. The van der Waals surface area contributed by atoms with Crippen molar-refractivity contribution in [1.29, 1.82) is 0 Å². The monoisotopic (exact) mass is 253 g/mol. The maximum Gasteiger partial charge on any atom is 0.131 e. The first-order valence-electron chi connectivity index (χ1n) is 6.81. The SMILES string of the molecule is CCNC(C)c1ccc(OC(CC)CC)cc1F. The van der Waals surface area contributed by atoms with Crippen molar-refractivity contribution in [3.8, 4) is 5.75 Å². The molecule has 102 valence electrons. The van der Waals surface area contributed by atoms with Crippen molar-refractivity contribution in [2.45, 2.75) is 52.7 Å². The first-order chi connectivity index (χ1) is 8.62. The van der Waals surface area contributed by atoms with Crippen LogP contribution in [0.4, 0.5) is 4.39 Å². The van der Waals surface area contributed by atoms with Crippen LogP contribution >= 0.6 is 0 Å². The van der Waals surface area contributed by atoms with Crippen LogP contribution in [0, 0.1) is 5.82 Å². The van der Waals surface area contributed by atoms with Gasteiger partial charge < -0.3 is 10.1 Å². The number of rotatable bonds is 7. The predicted molar refractivity (Wildman–Crippen MR) is 73.5 cm³/mol. The fourth-order valence-corrected chi connectivity index (χ4v) is 2.00. The standard InChI is InChI=1S/C15H24FNO/c1-5-12(6-2)18-13-8-9-14(15(16)10-13)11(4)17-7-3/h8-12,17H,5-7H2,1-4H3. The average molecular weight is 253 g/mol. The van der Waals surface area contributed by atoms with Gasteiger partial charge in [-0.3, -0.25) is 0 Å². The predicted octanol–water partition coefficient (Wildman–Crippen LogP) is 4.06. The molecule has 1 aromatic rings. The molecule has 1 N–H and O–H groups in total. The summed E-state index contributed by atoms with van der Waals surface area (Å²) in [7, 11) is 0. The van der Waals surface area contributed by atoms with Crippen LogP contribution in [0.3, 0.4) is 0 Å². The summed E-state index contributed by atoms with van der Waals surface area (Å²) in [5, 5.41) is 3.20. The summed E-state index contributed by atoms with van der Waals surface area (Å²) >= 11 is 0. The van der Waals surface area contributed by atoms with Crippen molar-refractivity contribution in [3.05, 3.63) is 29.6 Å². The van der Waals surface area contributed by atoms with Gasteiger partial charge >= 0.3 is 0 Å². The van der Waals surface area contributed by atoms with Gasteiger partial charge in [0.2, 0.25) is 0 Å². The van der Waals surface area contributed by atoms with E-state index in [0.29, 0.717) is 11.3 Å². The largest absolute Gasteiger partial charge is 0.490 e. The molecule has 2 nitrogen and oxygen atoms in total.